The Balaban J connectivity index is 2.15. The monoisotopic (exact) mass is 442 g/mol. The predicted molar refractivity (Wildman–Crippen MR) is 125 cm³/mol. The van der Waals surface area contributed by atoms with Crippen LogP contribution in [0, 0.1) is 5.92 Å². The third-order valence-corrected chi connectivity index (χ3v) is 6.02. The van der Waals surface area contributed by atoms with Crippen molar-refractivity contribution >= 4 is 34.3 Å². The molecule has 0 saturated carbocycles. The van der Waals surface area contributed by atoms with Crippen LogP contribution in [0.15, 0.2) is 18.2 Å². The number of hydrogen-bond donors (Lipinski definition) is 2. The van der Waals surface area contributed by atoms with Gasteiger partial charge in [-0.15, -0.1) is 0 Å². The van der Waals surface area contributed by atoms with Gasteiger partial charge in [0.25, 0.3) is 5.91 Å². The summed E-state index contributed by atoms with van der Waals surface area (Å²) in [6, 6.07) is 5.49. The topological polar surface area (TPSA) is 92.7 Å². The maximum Gasteiger partial charge on any atom is 0.273 e. The molecule has 0 aliphatic carbocycles. The molecule has 174 valence electrons. The normalized spacial score (nSPS) is 18.1. The summed E-state index contributed by atoms with van der Waals surface area (Å²) in [7, 11) is 1.57. The quantitative estimate of drug-likeness (QED) is 0.655. The highest BCUT2D eigenvalue weighted by Gasteiger charge is 2.48. The van der Waals surface area contributed by atoms with Crippen LogP contribution in [0.1, 0.15) is 57.9 Å². The molecule has 0 radical (unpaired) electrons. The van der Waals surface area contributed by atoms with E-state index in [1.54, 1.807) is 12.0 Å². The van der Waals surface area contributed by atoms with Gasteiger partial charge >= 0.3 is 0 Å². The van der Waals surface area contributed by atoms with Crippen molar-refractivity contribution in [3.8, 4) is 5.75 Å². The van der Waals surface area contributed by atoms with Crippen molar-refractivity contribution < 1.29 is 19.1 Å². The average Bonchev–Trinajstić information content (AvgIpc) is 3.02. The molecule has 1 atom stereocenters. The largest absolute Gasteiger partial charge is 0.497 e. The molecule has 8 nitrogen and oxygen atoms in total. The van der Waals surface area contributed by atoms with Gasteiger partial charge in [0.05, 0.1) is 24.9 Å². The van der Waals surface area contributed by atoms with Gasteiger partial charge in [-0.3, -0.25) is 14.4 Å². The maximum absolute atomic E-state index is 13.8. The van der Waals surface area contributed by atoms with Crippen molar-refractivity contribution in [2.45, 2.75) is 59.5 Å². The molecule has 0 spiro atoms. The van der Waals surface area contributed by atoms with Crippen molar-refractivity contribution in [2.24, 2.45) is 5.92 Å². The second kappa shape index (κ2) is 9.22. The number of anilines is 1. The molecule has 3 amide bonds. The molecule has 8 heteroatoms. The summed E-state index contributed by atoms with van der Waals surface area (Å²) in [5.74, 6) is 0.399. The minimum atomic E-state index is -1.05. The van der Waals surface area contributed by atoms with Gasteiger partial charge in [0.2, 0.25) is 11.8 Å². The van der Waals surface area contributed by atoms with E-state index in [4.69, 9.17) is 4.74 Å². The summed E-state index contributed by atoms with van der Waals surface area (Å²) in [5.41, 5.74) is 0.579. The first-order chi connectivity index (χ1) is 15.1. The first-order valence-electron chi connectivity index (χ1n) is 11.2. The lowest BCUT2D eigenvalue weighted by atomic mass is 9.94. The molecule has 2 aromatic rings. The number of ether oxygens (including phenoxy) is 1. The summed E-state index contributed by atoms with van der Waals surface area (Å²) < 4.78 is 7.22. The number of carbonyl (C=O) groups is 3. The lowest BCUT2D eigenvalue weighted by Crippen LogP contribution is -2.64. The fourth-order valence-corrected chi connectivity index (χ4v) is 4.33. The van der Waals surface area contributed by atoms with E-state index in [1.165, 1.54) is 6.92 Å². The minimum absolute atomic E-state index is 0.165. The lowest BCUT2D eigenvalue weighted by molar-refractivity contribution is -0.132. The molecule has 3 rings (SSSR count). The number of amides is 3. The average molecular weight is 443 g/mol. The Morgan fingerprint density at radius 1 is 1.28 bits per heavy atom. The Morgan fingerprint density at radius 2 is 2.00 bits per heavy atom. The van der Waals surface area contributed by atoms with Crippen LogP contribution in [0.4, 0.5) is 5.69 Å². The summed E-state index contributed by atoms with van der Waals surface area (Å²) in [6.45, 7) is 10.7. The van der Waals surface area contributed by atoms with Crippen LogP contribution in [0.5, 0.6) is 5.75 Å². The molecular formula is C24H34N4O4. The number of nitrogens with one attached hydrogen (secondary N) is 2. The third kappa shape index (κ3) is 4.18. The van der Waals surface area contributed by atoms with E-state index in [9.17, 15) is 14.4 Å². The van der Waals surface area contributed by atoms with Gasteiger partial charge in [0.15, 0.2) is 0 Å². The van der Waals surface area contributed by atoms with E-state index < -0.39 is 5.54 Å². The molecule has 1 aromatic carbocycles. The highest BCUT2D eigenvalue weighted by molar-refractivity contribution is 6.14. The molecule has 1 aliphatic heterocycles. The lowest BCUT2D eigenvalue weighted by Gasteiger charge is -2.44. The summed E-state index contributed by atoms with van der Waals surface area (Å²) in [4.78, 5) is 40.8. The number of rotatable bonds is 8. The number of nitrogens with zero attached hydrogens (tertiary/aromatic N) is 2. The third-order valence-electron chi connectivity index (χ3n) is 6.02. The fraction of sp³-hybridized carbons (Fsp3) is 0.542. The van der Waals surface area contributed by atoms with Crippen molar-refractivity contribution in [3.05, 3.63) is 23.9 Å². The number of benzene rings is 1. The summed E-state index contributed by atoms with van der Waals surface area (Å²) in [5, 5.41) is 6.59. The molecule has 1 aliphatic rings. The first-order valence-corrected chi connectivity index (χ1v) is 11.2. The van der Waals surface area contributed by atoms with E-state index in [1.807, 2.05) is 36.6 Å². The van der Waals surface area contributed by atoms with Gasteiger partial charge in [0.1, 0.15) is 17.0 Å². The number of fused-ring (bicyclic) bond motifs is 3. The van der Waals surface area contributed by atoms with Gasteiger partial charge in [-0.25, -0.2) is 0 Å². The molecule has 0 fully saturated rings. The van der Waals surface area contributed by atoms with Crippen molar-refractivity contribution in [2.75, 3.05) is 25.5 Å². The maximum atomic E-state index is 13.8. The highest BCUT2D eigenvalue weighted by Crippen LogP contribution is 2.40. The van der Waals surface area contributed by atoms with Crippen LogP contribution in [0.25, 0.3) is 10.9 Å². The Kier molecular flexibility index (Phi) is 6.81. The molecule has 2 N–H and O–H groups in total. The fourth-order valence-electron chi connectivity index (χ4n) is 4.33. The van der Waals surface area contributed by atoms with Gasteiger partial charge < -0.3 is 24.8 Å². The number of hydrogen-bond acceptors (Lipinski definition) is 4. The zero-order valence-electron chi connectivity index (χ0n) is 19.9. The van der Waals surface area contributed by atoms with Gasteiger partial charge in [-0.2, -0.15) is 0 Å². The highest BCUT2D eigenvalue weighted by atomic mass is 16.5. The molecule has 32 heavy (non-hydrogen) atoms. The standard InChI is InChI=1S/C24H34N4O4/c1-7-12-28-22(30)21-20(26-16(4)29)18-13-17(32-6)8-9-19(18)27(21)14-24(28,5)23(31)25-11-10-15(2)3/h8-9,13,15H,7,10-12,14H2,1-6H3,(H,25,31)(H,26,29). The van der Waals surface area contributed by atoms with Crippen LogP contribution in [-0.2, 0) is 16.1 Å². The Hall–Kier alpha value is -3.03. The minimum Gasteiger partial charge on any atom is -0.497 e. The van der Waals surface area contributed by atoms with E-state index in [0.29, 0.717) is 54.5 Å². The van der Waals surface area contributed by atoms with E-state index >= 15 is 0 Å². The van der Waals surface area contributed by atoms with Crippen LogP contribution in [0.2, 0.25) is 0 Å². The zero-order chi connectivity index (χ0) is 23.6. The van der Waals surface area contributed by atoms with E-state index in [2.05, 4.69) is 24.5 Å². The van der Waals surface area contributed by atoms with Crippen LogP contribution < -0.4 is 15.4 Å². The Bertz CT molecular complexity index is 1040. The molecule has 0 bridgehead atoms. The van der Waals surface area contributed by atoms with Gasteiger partial charge in [0, 0.05) is 25.4 Å². The Morgan fingerprint density at radius 3 is 2.59 bits per heavy atom. The first kappa shape index (κ1) is 23.6. The number of carbonyl (C=O) groups excluding carboxylic acids is 3. The molecule has 1 aromatic heterocycles. The number of methoxy groups -OCH3 is 1. The smallest absolute Gasteiger partial charge is 0.273 e. The van der Waals surface area contributed by atoms with Crippen LogP contribution >= 0.6 is 0 Å². The van der Waals surface area contributed by atoms with Crippen molar-refractivity contribution in [1.82, 2.24) is 14.8 Å². The van der Waals surface area contributed by atoms with Crippen LogP contribution in [-0.4, -0.2) is 52.9 Å². The van der Waals surface area contributed by atoms with Crippen molar-refractivity contribution in [1.29, 1.82) is 0 Å². The number of aromatic nitrogens is 1. The second-order valence-corrected chi connectivity index (χ2v) is 9.04. The van der Waals surface area contributed by atoms with E-state index in [-0.39, 0.29) is 17.7 Å². The Labute approximate surface area is 189 Å². The predicted octanol–water partition coefficient (Wildman–Crippen LogP) is 3.40. The zero-order valence-corrected chi connectivity index (χ0v) is 19.9. The summed E-state index contributed by atoms with van der Waals surface area (Å²) >= 11 is 0. The second-order valence-electron chi connectivity index (χ2n) is 9.04. The van der Waals surface area contributed by atoms with Crippen LogP contribution in [0.3, 0.4) is 0 Å². The van der Waals surface area contributed by atoms with Gasteiger partial charge in [-0.05, 0) is 43.9 Å². The van der Waals surface area contributed by atoms with Gasteiger partial charge in [-0.1, -0.05) is 20.8 Å². The van der Waals surface area contributed by atoms with Crippen molar-refractivity contribution in [3.63, 3.8) is 0 Å². The SMILES string of the molecule is CCCN1C(=O)c2c(NC(C)=O)c3cc(OC)ccc3n2CC1(C)C(=O)NCCC(C)C. The molecule has 1 unspecified atom stereocenters. The molecular weight excluding hydrogens is 408 g/mol. The molecule has 0 saturated heterocycles. The summed E-state index contributed by atoms with van der Waals surface area (Å²) in [6.07, 6.45) is 1.58. The molecule has 2 heterocycles. The van der Waals surface area contributed by atoms with E-state index in [0.717, 1.165) is 11.9 Å².